The summed E-state index contributed by atoms with van der Waals surface area (Å²) in [6.07, 6.45) is 4.02. The van der Waals surface area contributed by atoms with Crippen molar-refractivity contribution in [3.63, 3.8) is 0 Å². The number of nitrogens with zero attached hydrogens (tertiary/aromatic N) is 1. The zero-order valence-corrected chi connectivity index (χ0v) is 11.1. The van der Waals surface area contributed by atoms with E-state index in [9.17, 15) is 4.39 Å². The van der Waals surface area contributed by atoms with Gasteiger partial charge in [-0.05, 0) is 43.9 Å². The number of hydrogen-bond donors (Lipinski definition) is 1. The summed E-state index contributed by atoms with van der Waals surface area (Å²) in [5.74, 6) is -0.330. The summed E-state index contributed by atoms with van der Waals surface area (Å²) in [6, 6.07) is 13.4. The molecule has 0 aliphatic carbocycles. The lowest BCUT2D eigenvalue weighted by Crippen LogP contribution is -2.34. The van der Waals surface area contributed by atoms with E-state index in [0.717, 1.165) is 25.0 Å². The van der Waals surface area contributed by atoms with Crippen molar-refractivity contribution in [3.05, 3.63) is 65.7 Å². The molecule has 1 unspecified atom stereocenters. The van der Waals surface area contributed by atoms with Gasteiger partial charge in [-0.3, -0.25) is 4.98 Å². The fourth-order valence-electron chi connectivity index (χ4n) is 2.15. The molecule has 0 amide bonds. The molecular weight excluding hydrogens is 239 g/mol. The van der Waals surface area contributed by atoms with E-state index in [4.69, 9.17) is 5.73 Å². The van der Waals surface area contributed by atoms with Crippen molar-refractivity contribution in [2.45, 2.75) is 31.7 Å². The molecule has 100 valence electrons. The van der Waals surface area contributed by atoms with Crippen LogP contribution in [0.1, 0.15) is 31.0 Å². The summed E-state index contributed by atoms with van der Waals surface area (Å²) in [5.41, 5.74) is 7.80. The van der Waals surface area contributed by atoms with E-state index >= 15 is 0 Å². The number of aryl methyl sites for hydroxylation is 1. The molecule has 1 aromatic carbocycles. The SMILES string of the molecule is CC(N)(CCCc1ccccc1)c1ccc(F)cn1. The molecule has 0 bridgehead atoms. The Labute approximate surface area is 113 Å². The zero-order chi connectivity index (χ0) is 13.7. The average Bonchev–Trinajstić information content (AvgIpc) is 2.40. The first-order valence-electron chi connectivity index (χ1n) is 6.53. The Morgan fingerprint density at radius 3 is 2.53 bits per heavy atom. The second-order valence-corrected chi connectivity index (χ2v) is 5.12. The Morgan fingerprint density at radius 2 is 1.89 bits per heavy atom. The molecule has 0 saturated carbocycles. The summed E-state index contributed by atoms with van der Waals surface area (Å²) < 4.78 is 12.8. The third kappa shape index (κ3) is 3.86. The maximum absolute atomic E-state index is 12.8. The fraction of sp³-hybridized carbons (Fsp3) is 0.312. The van der Waals surface area contributed by atoms with Gasteiger partial charge in [-0.1, -0.05) is 30.3 Å². The van der Waals surface area contributed by atoms with Crippen LogP contribution < -0.4 is 5.73 Å². The number of rotatable bonds is 5. The molecule has 0 fully saturated rings. The highest BCUT2D eigenvalue weighted by molar-refractivity contribution is 5.16. The molecule has 3 heteroatoms. The molecular formula is C16H19FN2. The van der Waals surface area contributed by atoms with Crippen LogP contribution in [-0.4, -0.2) is 4.98 Å². The van der Waals surface area contributed by atoms with Crippen molar-refractivity contribution in [3.8, 4) is 0 Å². The van der Waals surface area contributed by atoms with E-state index in [0.29, 0.717) is 0 Å². The van der Waals surface area contributed by atoms with Gasteiger partial charge in [-0.15, -0.1) is 0 Å². The van der Waals surface area contributed by atoms with Gasteiger partial charge in [-0.2, -0.15) is 0 Å². The second kappa shape index (κ2) is 5.93. The van der Waals surface area contributed by atoms with E-state index in [1.165, 1.54) is 17.8 Å². The topological polar surface area (TPSA) is 38.9 Å². The van der Waals surface area contributed by atoms with Crippen LogP contribution >= 0.6 is 0 Å². The Hall–Kier alpha value is -1.74. The predicted molar refractivity (Wildman–Crippen MR) is 75.1 cm³/mol. The van der Waals surface area contributed by atoms with Gasteiger partial charge < -0.3 is 5.73 Å². The van der Waals surface area contributed by atoms with E-state index in [2.05, 4.69) is 17.1 Å². The molecule has 1 aromatic heterocycles. The van der Waals surface area contributed by atoms with Crippen LogP contribution in [0.15, 0.2) is 48.7 Å². The van der Waals surface area contributed by atoms with Gasteiger partial charge in [0.1, 0.15) is 5.82 Å². The maximum atomic E-state index is 12.8. The van der Waals surface area contributed by atoms with Crippen molar-refractivity contribution in [1.29, 1.82) is 0 Å². The number of nitrogens with two attached hydrogens (primary N) is 1. The minimum Gasteiger partial charge on any atom is -0.320 e. The lowest BCUT2D eigenvalue weighted by Gasteiger charge is -2.24. The third-order valence-corrected chi connectivity index (χ3v) is 3.32. The first kappa shape index (κ1) is 13.7. The smallest absolute Gasteiger partial charge is 0.141 e. The van der Waals surface area contributed by atoms with E-state index in [-0.39, 0.29) is 5.82 Å². The van der Waals surface area contributed by atoms with Crippen molar-refractivity contribution in [1.82, 2.24) is 4.98 Å². The summed E-state index contributed by atoms with van der Waals surface area (Å²) in [7, 11) is 0. The van der Waals surface area contributed by atoms with Crippen molar-refractivity contribution in [2.75, 3.05) is 0 Å². The van der Waals surface area contributed by atoms with Crippen LogP contribution in [0.2, 0.25) is 0 Å². The van der Waals surface area contributed by atoms with E-state index in [1.54, 1.807) is 6.07 Å². The first-order chi connectivity index (χ1) is 9.08. The maximum Gasteiger partial charge on any atom is 0.141 e. The summed E-state index contributed by atoms with van der Waals surface area (Å²) in [5, 5.41) is 0. The van der Waals surface area contributed by atoms with E-state index in [1.807, 2.05) is 25.1 Å². The Balaban J connectivity index is 1.92. The minimum atomic E-state index is -0.511. The zero-order valence-electron chi connectivity index (χ0n) is 11.1. The number of benzene rings is 1. The lowest BCUT2D eigenvalue weighted by molar-refractivity contribution is 0.423. The van der Waals surface area contributed by atoms with E-state index < -0.39 is 5.54 Å². The summed E-state index contributed by atoms with van der Waals surface area (Å²) in [4.78, 5) is 4.08. The first-order valence-corrected chi connectivity index (χ1v) is 6.53. The normalized spacial score (nSPS) is 14.1. The Kier molecular flexibility index (Phi) is 4.27. The Bertz CT molecular complexity index is 506. The van der Waals surface area contributed by atoms with Gasteiger partial charge >= 0.3 is 0 Å². The molecule has 2 nitrogen and oxygen atoms in total. The van der Waals surface area contributed by atoms with Crippen LogP contribution in [0.5, 0.6) is 0 Å². The van der Waals surface area contributed by atoms with Gasteiger partial charge in [-0.25, -0.2) is 4.39 Å². The number of pyridine rings is 1. The highest BCUT2D eigenvalue weighted by Gasteiger charge is 2.22. The quantitative estimate of drug-likeness (QED) is 0.892. The molecule has 1 atom stereocenters. The predicted octanol–water partition coefficient (Wildman–Crippen LogP) is 3.42. The van der Waals surface area contributed by atoms with Crippen molar-refractivity contribution < 1.29 is 4.39 Å². The van der Waals surface area contributed by atoms with Crippen LogP contribution in [0.4, 0.5) is 4.39 Å². The average molecular weight is 258 g/mol. The number of aromatic nitrogens is 1. The second-order valence-electron chi connectivity index (χ2n) is 5.12. The number of hydrogen-bond acceptors (Lipinski definition) is 2. The molecule has 2 aromatic rings. The van der Waals surface area contributed by atoms with Gasteiger partial charge in [0.15, 0.2) is 0 Å². The number of halogens is 1. The standard InChI is InChI=1S/C16H19FN2/c1-16(18,15-10-9-14(17)12-19-15)11-5-8-13-6-3-2-4-7-13/h2-4,6-7,9-10,12H,5,8,11,18H2,1H3. The molecule has 19 heavy (non-hydrogen) atoms. The molecule has 2 rings (SSSR count). The summed E-state index contributed by atoms with van der Waals surface area (Å²) >= 11 is 0. The van der Waals surface area contributed by atoms with Crippen molar-refractivity contribution in [2.24, 2.45) is 5.73 Å². The summed E-state index contributed by atoms with van der Waals surface area (Å²) in [6.45, 7) is 1.94. The van der Waals surface area contributed by atoms with Gasteiger partial charge in [0.05, 0.1) is 17.4 Å². The monoisotopic (exact) mass is 258 g/mol. The minimum absolute atomic E-state index is 0.330. The highest BCUT2D eigenvalue weighted by Crippen LogP contribution is 2.22. The van der Waals surface area contributed by atoms with Crippen LogP contribution in [0.3, 0.4) is 0 Å². The fourth-order valence-corrected chi connectivity index (χ4v) is 2.15. The molecule has 0 aliphatic rings. The largest absolute Gasteiger partial charge is 0.320 e. The molecule has 0 spiro atoms. The van der Waals surface area contributed by atoms with Crippen LogP contribution in [-0.2, 0) is 12.0 Å². The van der Waals surface area contributed by atoms with Gasteiger partial charge in [0.25, 0.3) is 0 Å². The van der Waals surface area contributed by atoms with Gasteiger partial charge in [0.2, 0.25) is 0 Å². The van der Waals surface area contributed by atoms with Crippen LogP contribution in [0.25, 0.3) is 0 Å². The van der Waals surface area contributed by atoms with Gasteiger partial charge in [0, 0.05) is 0 Å². The third-order valence-electron chi connectivity index (χ3n) is 3.32. The Morgan fingerprint density at radius 1 is 1.16 bits per heavy atom. The molecule has 0 radical (unpaired) electrons. The molecule has 0 aliphatic heterocycles. The molecule has 2 N–H and O–H groups in total. The molecule has 0 saturated heterocycles. The van der Waals surface area contributed by atoms with Crippen LogP contribution in [0, 0.1) is 5.82 Å². The van der Waals surface area contributed by atoms with Crippen molar-refractivity contribution >= 4 is 0 Å². The lowest BCUT2D eigenvalue weighted by atomic mass is 9.91. The highest BCUT2D eigenvalue weighted by atomic mass is 19.1. The molecule has 1 heterocycles.